The van der Waals surface area contributed by atoms with Crippen molar-refractivity contribution in [3.05, 3.63) is 51.2 Å². The molecule has 3 rings (SSSR count). The summed E-state index contributed by atoms with van der Waals surface area (Å²) in [5.41, 5.74) is 2.29. The summed E-state index contributed by atoms with van der Waals surface area (Å²) in [5.74, 6) is -0.867. The summed E-state index contributed by atoms with van der Waals surface area (Å²) in [5, 5.41) is 11.4. The molecular formula is C18H16N2O3S. The maximum absolute atomic E-state index is 12.2. The second-order valence-electron chi connectivity index (χ2n) is 5.64. The van der Waals surface area contributed by atoms with Crippen molar-refractivity contribution in [1.29, 1.82) is 5.26 Å². The summed E-state index contributed by atoms with van der Waals surface area (Å²) in [7, 11) is 0. The first-order valence-electron chi connectivity index (χ1n) is 7.70. The van der Waals surface area contributed by atoms with Gasteiger partial charge in [0.2, 0.25) is 0 Å². The van der Waals surface area contributed by atoms with Crippen molar-refractivity contribution in [2.24, 2.45) is 0 Å². The molecule has 0 bridgehead atoms. The van der Waals surface area contributed by atoms with Crippen molar-refractivity contribution in [2.45, 2.75) is 32.3 Å². The molecule has 2 aromatic rings. The van der Waals surface area contributed by atoms with Gasteiger partial charge in [0.25, 0.3) is 5.91 Å². The summed E-state index contributed by atoms with van der Waals surface area (Å²) >= 11 is 1.46. The van der Waals surface area contributed by atoms with Crippen LogP contribution < -0.4 is 5.32 Å². The molecule has 24 heavy (non-hydrogen) atoms. The van der Waals surface area contributed by atoms with Crippen molar-refractivity contribution >= 4 is 28.9 Å². The zero-order valence-electron chi connectivity index (χ0n) is 13.2. The summed E-state index contributed by atoms with van der Waals surface area (Å²) in [4.78, 5) is 26.1. The van der Waals surface area contributed by atoms with E-state index in [9.17, 15) is 9.59 Å². The number of carbonyl (C=O) groups excluding carboxylic acids is 2. The number of hydrogen-bond donors (Lipinski definition) is 1. The van der Waals surface area contributed by atoms with Crippen LogP contribution >= 0.6 is 11.3 Å². The highest BCUT2D eigenvalue weighted by molar-refractivity contribution is 7.14. The van der Waals surface area contributed by atoms with Crippen molar-refractivity contribution in [3.63, 3.8) is 0 Å². The number of anilines is 1. The number of aryl methyl sites for hydroxylation is 2. The van der Waals surface area contributed by atoms with Gasteiger partial charge in [0.1, 0.15) is 4.88 Å². The molecule has 0 aliphatic heterocycles. The van der Waals surface area contributed by atoms with Gasteiger partial charge in [-0.25, -0.2) is 4.79 Å². The first-order chi connectivity index (χ1) is 11.6. The number of fused-ring (bicyclic) bond motifs is 1. The van der Waals surface area contributed by atoms with Crippen molar-refractivity contribution < 1.29 is 14.3 Å². The van der Waals surface area contributed by atoms with Gasteiger partial charge in [-0.2, -0.15) is 5.26 Å². The van der Waals surface area contributed by atoms with E-state index in [4.69, 9.17) is 10.00 Å². The Morgan fingerprint density at radius 2 is 2.04 bits per heavy atom. The minimum Gasteiger partial charge on any atom is -0.448 e. The normalized spacial score (nSPS) is 13.7. The lowest BCUT2D eigenvalue weighted by molar-refractivity contribution is -0.123. The SMILES string of the molecule is CC(OC(=O)c1cc2c(s1)CCC2)C(=O)Nc1ccc(C#N)cc1. The van der Waals surface area contributed by atoms with E-state index in [1.165, 1.54) is 28.7 Å². The number of nitriles is 1. The number of thiophene rings is 1. The average molecular weight is 340 g/mol. The number of hydrogen-bond acceptors (Lipinski definition) is 5. The molecule has 1 heterocycles. The van der Waals surface area contributed by atoms with Gasteiger partial charge in [0.05, 0.1) is 11.6 Å². The number of nitrogens with zero attached hydrogens (tertiary/aromatic N) is 1. The van der Waals surface area contributed by atoms with E-state index >= 15 is 0 Å². The molecule has 1 aliphatic rings. The molecule has 1 atom stereocenters. The number of carbonyl (C=O) groups is 2. The first-order valence-corrected chi connectivity index (χ1v) is 8.52. The van der Waals surface area contributed by atoms with Crippen LogP contribution in [0.2, 0.25) is 0 Å². The number of rotatable bonds is 4. The van der Waals surface area contributed by atoms with Crippen molar-refractivity contribution in [2.75, 3.05) is 5.32 Å². The third kappa shape index (κ3) is 3.47. The Bertz CT molecular complexity index is 796. The molecule has 1 unspecified atom stereocenters. The summed E-state index contributed by atoms with van der Waals surface area (Å²) < 4.78 is 5.26. The minimum atomic E-state index is -0.898. The molecule has 5 nitrogen and oxygen atoms in total. The largest absolute Gasteiger partial charge is 0.448 e. The van der Waals surface area contributed by atoms with Gasteiger partial charge in [-0.1, -0.05) is 0 Å². The third-order valence-corrected chi connectivity index (χ3v) is 5.10. The van der Waals surface area contributed by atoms with Crippen LogP contribution in [0, 0.1) is 11.3 Å². The van der Waals surface area contributed by atoms with Crippen LogP contribution in [-0.4, -0.2) is 18.0 Å². The fourth-order valence-corrected chi connectivity index (χ4v) is 3.71. The Balaban J connectivity index is 1.58. The summed E-state index contributed by atoms with van der Waals surface area (Å²) in [6.07, 6.45) is 2.26. The van der Waals surface area contributed by atoms with Gasteiger partial charge in [-0.05, 0) is 62.1 Å². The van der Waals surface area contributed by atoms with E-state index in [1.54, 1.807) is 24.3 Å². The third-order valence-electron chi connectivity index (χ3n) is 3.88. The second kappa shape index (κ2) is 6.85. The molecule has 0 fully saturated rings. The van der Waals surface area contributed by atoms with Crippen LogP contribution in [0.3, 0.4) is 0 Å². The Labute approximate surface area is 143 Å². The van der Waals surface area contributed by atoms with Crippen LogP contribution in [0.5, 0.6) is 0 Å². The van der Waals surface area contributed by atoms with E-state index in [1.807, 2.05) is 12.1 Å². The molecule has 1 amide bonds. The highest BCUT2D eigenvalue weighted by Crippen LogP contribution is 2.31. The molecule has 6 heteroatoms. The molecule has 0 saturated carbocycles. The lowest BCUT2D eigenvalue weighted by Crippen LogP contribution is -2.29. The lowest BCUT2D eigenvalue weighted by atomic mass is 10.2. The minimum absolute atomic E-state index is 0.405. The van der Waals surface area contributed by atoms with E-state index in [2.05, 4.69) is 5.32 Å². The Morgan fingerprint density at radius 3 is 2.71 bits per heavy atom. The van der Waals surface area contributed by atoms with Gasteiger partial charge in [0.15, 0.2) is 6.10 Å². The lowest BCUT2D eigenvalue weighted by Gasteiger charge is -2.13. The molecule has 1 aliphatic carbocycles. The Kier molecular flexibility index (Phi) is 4.63. The molecule has 1 aromatic carbocycles. The van der Waals surface area contributed by atoms with E-state index < -0.39 is 18.0 Å². The predicted molar refractivity (Wildman–Crippen MR) is 91.0 cm³/mol. The zero-order chi connectivity index (χ0) is 17.1. The molecular weight excluding hydrogens is 324 g/mol. The number of esters is 1. The molecule has 1 aromatic heterocycles. The Hall–Kier alpha value is -2.65. The van der Waals surface area contributed by atoms with E-state index in [0.29, 0.717) is 16.1 Å². The number of benzene rings is 1. The fourth-order valence-electron chi connectivity index (χ4n) is 2.57. The monoisotopic (exact) mass is 340 g/mol. The summed E-state index contributed by atoms with van der Waals surface area (Å²) in [6, 6.07) is 10.4. The quantitative estimate of drug-likeness (QED) is 0.866. The Morgan fingerprint density at radius 1 is 1.29 bits per heavy atom. The van der Waals surface area contributed by atoms with E-state index in [0.717, 1.165) is 19.3 Å². The van der Waals surface area contributed by atoms with Crippen LogP contribution in [0.15, 0.2) is 30.3 Å². The fraction of sp³-hybridized carbons (Fsp3) is 0.278. The zero-order valence-corrected chi connectivity index (χ0v) is 14.0. The van der Waals surface area contributed by atoms with Crippen LogP contribution in [0.1, 0.15) is 39.0 Å². The number of nitrogens with one attached hydrogen (secondary N) is 1. The first kappa shape index (κ1) is 16.2. The smallest absolute Gasteiger partial charge is 0.349 e. The van der Waals surface area contributed by atoms with Gasteiger partial charge in [-0.3, -0.25) is 4.79 Å². The molecule has 0 radical (unpaired) electrons. The maximum Gasteiger partial charge on any atom is 0.349 e. The number of ether oxygens (including phenoxy) is 1. The molecule has 0 saturated heterocycles. The highest BCUT2D eigenvalue weighted by atomic mass is 32.1. The average Bonchev–Trinajstić information content (AvgIpc) is 3.17. The van der Waals surface area contributed by atoms with Gasteiger partial charge in [0, 0.05) is 10.6 Å². The van der Waals surface area contributed by atoms with Crippen LogP contribution in [0.25, 0.3) is 0 Å². The topological polar surface area (TPSA) is 79.2 Å². The van der Waals surface area contributed by atoms with Crippen LogP contribution in [-0.2, 0) is 22.4 Å². The second-order valence-corrected chi connectivity index (χ2v) is 6.78. The van der Waals surface area contributed by atoms with Gasteiger partial charge < -0.3 is 10.1 Å². The number of amides is 1. The maximum atomic E-state index is 12.2. The van der Waals surface area contributed by atoms with Crippen molar-refractivity contribution in [3.8, 4) is 6.07 Å². The molecule has 1 N–H and O–H groups in total. The predicted octanol–water partition coefficient (Wildman–Crippen LogP) is 3.29. The van der Waals surface area contributed by atoms with Crippen LogP contribution in [0.4, 0.5) is 5.69 Å². The van der Waals surface area contributed by atoms with Gasteiger partial charge >= 0.3 is 5.97 Å². The molecule has 122 valence electrons. The van der Waals surface area contributed by atoms with E-state index in [-0.39, 0.29) is 0 Å². The molecule has 0 spiro atoms. The summed E-state index contributed by atoms with van der Waals surface area (Å²) in [6.45, 7) is 1.54. The van der Waals surface area contributed by atoms with Crippen molar-refractivity contribution in [1.82, 2.24) is 0 Å². The highest BCUT2D eigenvalue weighted by Gasteiger charge is 2.23. The standard InChI is InChI=1S/C18H16N2O3S/c1-11(17(21)20-14-7-5-12(10-19)6-8-14)23-18(22)16-9-13-3-2-4-15(13)24-16/h5-9,11H,2-4H2,1H3,(H,20,21). The van der Waals surface area contributed by atoms with Gasteiger partial charge in [-0.15, -0.1) is 11.3 Å².